The highest BCUT2D eigenvalue weighted by Gasteiger charge is 2.50. The summed E-state index contributed by atoms with van der Waals surface area (Å²) in [6.07, 6.45) is -1.14. The highest BCUT2D eigenvalue weighted by Crippen LogP contribution is 2.32. The van der Waals surface area contributed by atoms with Crippen molar-refractivity contribution in [1.82, 2.24) is 4.90 Å². The molecule has 1 saturated heterocycles. The topological polar surface area (TPSA) is 36.3 Å². The zero-order valence-corrected chi connectivity index (χ0v) is 10.9. The Kier molecular flexibility index (Phi) is 3.72. The number of likely N-dealkylation sites (tertiary alicyclic amines) is 1. The highest BCUT2D eigenvalue weighted by molar-refractivity contribution is 5.34. The van der Waals surface area contributed by atoms with Crippen molar-refractivity contribution in [1.29, 1.82) is 5.26 Å². The van der Waals surface area contributed by atoms with Crippen LogP contribution in [0.25, 0.3) is 0 Å². The van der Waals surface area contributed by atoms with Crippen molar-refractivity contribution in [3.63, 3.8) is 0 Å². The van der Waals surface area contributed by atoms with Gasteiger partial charge in [-0.15, -0.1) is 0 Å². The summed E-state index contributed by atoms with van der Waals surface area (Å²) >= 11 is 0. The Balaban J connectivity index is 2.07. The summed E-state index contributed by atoms with van der Waals surface area (Å²) in [5.41, 5.74) is 0.481. The van der Waals surface area contributed by atoms with E-state index < -0.39 is 12.0 Å². The van der Waals surface area contributed by atoms with E-state index in [0.717, 1.165) is 0 Å². The van der Waals surface area contributed by atoms with Crippen LogP contribution < -0.4 is 4.74 Å². The lowest BCUT2D eigenvalue weighted by Gasteiger charge is -2.19. The minimum atomic E-state index is -2.85. The second-order valence-corrected chi connectivity index (χ2v) is 5.03. The van der Waals surface area contributed by atoms with Crippen molar-refractivity contribution in [3.8, 4) is 11.8 Å². The van der Waals surface area contributed by atoms with Crippen molar-refractivity contribution in [2.75, 3.05) is 13.1 Å². The minimum Gasteiger partial charge on any atom is -0.483 e. The summed E-state index contributed by atoms with van der Waals surface area (Å²) in [6.45, 7) is 3.72. The maximum absolute atomic E-state index is 13.8. The van der Waals surface area contributed by atoms with Crippen molar-refractivity contribution >= 4 is 0 Å². The molecule has 0 amide bonds. The van der Waals surface area contributed by atoms with Gasteiger partial charge in [-0.25, -0.2) is 8.78 Å². The molecule has 1 aromatic carbocycles. The van der Waals surface area contributed by atoms with Gasteiger partial charge in [-0.05, 0) is 38.1 Å². The monoisotopic (exact) mass is 266 g/mol. The third-order valence-corrected chi connectivity index (χ3v) is 3.28. The molecule has 1 aliphatic heterocycles. The van der Waals surface area contributed by atoms with Crippen molar-refractivity contribution in [2.45, 2.75) is 31.9 Å². The maximum Gasteiger partial charge on any atom is 0.297 e. The summed E-state index contributed by atoms with van der Waals surface area (Å²) in [6, 6.07) is 8.26. The molecule has 0 spiro atoms. The van der Waals surface area contributed by atoms with Crippen LogP contribution in [0.2, 0.25) is 0 Å². The molecule has 1 aliphatic rings. The average Bonchev–Trinajstić information content (AvgIpc) is 2.66. The molecule has 1 aromatic rings. The molecule has 0 bridgehead atoms. The van der Waals surface area contributed by atoms with Crippen LogP contribution in [-0.2, 0) is 0 Å². The van der Waals surface area contributed by atoms with Gasteiger partial charge in [0.05, 0.1) is 18.2 Å². The Morgan fingerprint density at radius 3 is 2.47 bits per heavy atom. The average molecular weight is 266 g/mol. The van der Waals surface area contributed by atoms with Gasteiger partial charge in [-0.2, -0.15) is 5.26 Å². The molecular formula is C14H16F2N2O. The molecule has 0 saturated carbocycles. The van der Waals surface area contributed by atoms with E-state index in [-0.39, 0.29) is 19.1 Å². The third kappa shape index (κ3) is 3.02. The standard InChI is InChI=1S/C14H16F2N2O/c1-10(2)18-8-13(14(15,16)9-18)19-12-5-3-11(7-17)4-6-12/h3-6,10,13H,8-9H2,1-2H3/t13-/m0/s1. The van der Waals surface area contributed by atoms with E-state index in [9.17, 15) is 8.78 Å². The van der Waals surface area contributed by atoms with Crippen molar-refractivity contribution < 1.29 is 13.5 Å². The van der Waals surface area contributed by atoms with Gasteiger partial charge < -0.3 is 4.74 Å². The smallest absolute Gasteiger partial charge is 0.297 e. The Morgan fingerprint density at radius 2 is 2.00 bits per heavy atom. The van der Waals surface area contributed by atoms with Crippen LogP contribution in [0.3, 0.4) is 0 Å². The van der Waals surface area contributed by atoms with E-state index >= 15 is 0 Å². The first-order chi connectivity index (χ1) is 8.92. The second kappa shape index (κ2) is 5.14. The van der Waals surface area contributed by atoms with Crippen molar-refractivity contribution in [3.05, 3.63) is 29.8 Å². The fourth-order valence-electron chi connectivity index (χ4n) is 2.07. The van der Waals surface area contributed by atoms with Gasteiger partial charge >= 0.3 is 0 Å². The molecule has 102 valence electrons. The lowest BCUT2D eigenvalue weighted by molar-refractivity contribution is -0.0624. The number of alkyl halides is 2. The Morgan fingerprint density at radius 1 is 1.37 bits per heavy atom. The first-order valence-corrected chi connectivity index (χ1v) is 6.21. The minimum absolute atomic E-state index is 0.0699. The van der Waals surface area contributed by atoms with Crippen molar-refractivity contribution in [2.24, 2.45) is 0 Å². The van der Waals surface area contributed by atoms with E-state index in [1.807, 2.05) is 19.9 Å². The molecule has 0 unspecified atom stereocenters. The van der Waals surface area contributed by atoms with Gasteiger partial charge in [0.2, 0.25) is 0 Å². The lowest BCUT2D eigenvalue weighted by Crippen LogP contribution is -2.36. The van der Waals surface area contributed by atoms with E-state index in [2.05, 4.69) is 0 Å². The van der Waals surface area contributed by atoms with Crippen LogP contribution in [0.5, 0.6) is 5.75 Å². The van der Waals surface area contributed by atoms with Gasteiger partial charge in [0.25, 0.3) is 5.92 Å². The normalized spacial score (nSPS) is 22.4. The molecule has 5 heteroatoms. The highest BCUT2D eigenvalue weighted by atomic mass is 19.3. The zero-order valence-electron chi connectivity index (χ0n) is 10.9. The Labute approximate surface area is 111 Å². The maximum atomic E-state index is 13.8. The fraction of sp³-hybridized carbons (Fsp3) is 0.500. The van der Waals surface area contributed by atoms with E-state index in [1.165, 1.54) is 0 Å². The number of nitriles is 1. The molecule has 0 aliphatic carbocycles. The number of halogens is 2. The number of rotatable bonds is 3. The SMILES string of the molecule is CC(C)N1C[C@H](Oc2ccc(C#N)cc2)C(F)(F)C1. The molecule has 3 nitrogen and oxygen atoms in total. The predicted octanol–water partition coefficient (Wildman–Crippen LogP) is 2.66. The number of hydrogen-bond acceptors (Lipinski definition) is 3. The van der Waals surface area contributed by atoms with Gasteiger partial charge in [-0.3, -0.25) is 4.90 Å². The van der Waals surface area contributed by atoms with Crippen LogP contribution in [0.1, 0.15) is 19.4 Å². The second-order valence-electron chi connectivity index (χ2n) is 5.03. The first-order valence-electron chi connectivity index (χ1n) is 6.21. The van der Waals surface area contributed by atoms with Crippen LogP contribution in [-0.4, -0.2) is 36.1 Å². The summed E-state index contributed by atoms with van der Waals surface area (Å²) in [5, 5.41) is 8.67. The molecule has 1 heterocycles. The Hall–Kier alpha value is -1.67. The molecule has 1 atom stereocenters. The largest absolute Gasteiger partial charge is 0.483 e. The summed E-state index contributed by atoms with van der Waals surface area (Å²) in [5.74, 6) is -2.48. The fourth-order valence-corrected chi connectivity index (χ4v) is 2.07. The molecular weight excluding hydrogens is 250 g/mol. The molecule has 2 rings (SSSR count). The summed E-state index contributed by atoms with van der Waals surface area (Å²) in [7, 11) is 0. The van der Waals surface area contributed by atoms with Gasteiger partial charge in [0.1, 0.15) is 5.75 Å². The van der Waals surface area contributed by atoms with E-state index in [4.69, 9.17) is 10.00 Å². The molecule has 1 fully saturated rings. The molecule has 19 heavy (non-hydrogen) atoms. The number of benzene rings is 1. The van der Waals surface area contributed by atoms with Gasteiger partial charge in [0.15, 0.2) is 6.10 Å². The van der Waals surface area contributed by atoms with Crippen LogP contribution in [0.15, 0.2) is 24.3 Å². The van der Waals surface area contributed by atoms with Gasteiger partial charge in [-0.1, -0.05) is 0 Å². The first kappa shape index (κ1) is 13.8. The number of ether oxygens (including phenoxy) is 1. The number of nitrogens with zero attached hydrogens (tertiary/aromatic N) is 2. The summed E-state index contributed by atoms with van der Waals surface area (Å²) in [4.78, 5) is 1.70. The van der Waals surface area contributed by atoms with Crippen LogP contribution in [0, 0.1) is 11.3 Å². The molecule has 0 N–H and O–H groups in total. The molecule has 0 aromatic heterocycles. The van der Waals surface area contributed by atoms with E-state index in [0.29, 0.717) is 11.3 Å². The quantitative estimate of drug-likeness (QED) is 0.844. The third-order valence-electron chi connectivity index (χ3n) is 3.28. The van der Waals surface area contributed by atoms with Gasteiger partial charge in [0, 0.05) is 12.6 Å². The summed E-state index contributed by atoms with van der Waals surface area (Å²) < 4.78 is 33.0. The number of hydrogen-bond donors (Lipinski definition) is 0. The van der Waals surface area contributed by atoms with Crippen LogP contribution >= 0.6 is 0 Å². The van der Waals surface area contributed by atoms with E-state index in [1.54, 1.807) is 29.2 Å². The molecule has 0 radical (unpaired) electrons. The van der Waals surface area contributed by atoms with Crippen LogP contribution in [0.4, 0.5) is 8.78 Å². The predicted molar refractivity (Wildman–Crippen MR) is 67.2 cm³/mol. The zero-order chi connectivity index (χ0) is 14.0. The Bertz CT molecular complexity index is 479. The lowest BCUT2D eigenvalue weighted by atomic mass is 10.2.